The number of anilines is 1. The molecule has 2 aliphatic rings. The van der Waals surface area contributed by atoms with Crippen molar-refractivity contribution in [1.82, 2.24) is 15.3 Å². The van der Waals surface area contributed by atoms with Gasteiger partial charge in [0.2, 0.25) is 11.5 Å². The summed E-state index contributed by atoms with van der Waals surface area (Å²) in [5.41, 5.74) is 0.929. The van der Waals surface area contributed by atoms with Crippen LogP contribution < -0.4 is 20.7 Å². The lowest BCUT2D eigenvalue weighted by atomic mass is 9.81. The van der Waals surface area contributed by atoms with Crippen LogP contribution in [0.3, 0.4) is 0 Å². The summed E-state index contributed by atoms with van der Waals surface area (Å²) in [5.74, 6) is -2.47. The third-order valence-corrected chi connectivity index (χ3v) is 8.84. The van der Waals surface area contributed by atoms with E-state index in [0.717, 1.165) is 18.2 Å². The van der Waals surface area contributed by atoms with Gasteiger partial charge in [-0.1, -0.05) is 6.07 Å². The van der Waals surface area contributed by atoms with Crippen LogP contribution in [0, 0.1) is 12.7 Å². The molecule has 2 amide bonds. The highest BCUT2D eigenvalue weighted by atomic mass is 19.4. The van der Waals surface area contributed by atoms with Crippen molar-refractivity contribution in [3.8, 4) is 17.0 Å². The minimum absolute atomic E-state index is 0.0228. The van der Waals surface area contributed by atoms with Crippen molar-refractivity contribution in [3.63, 3.8) is 0 Å². The van der Waals surface area contributed by atoms with Crippen molar-refractivity contribution in [1.29, 1.82) is 0 Å². The second-order valence-electron chi connectivity index (χ2n) is 12.1. The van der Waals surface area contributed by atoms with Gasteiger partial charge < -0.3 is 30.9 Å². The molecule has 3 atom stereocenters. The van der Waals surface area contributed by atoms with Crippen LogP contribution in [0.25, 0.3) is 22.2 Å². The number of rotatable bonds is 7. The molecule has 1 saturated heterocycles. The lowest BCUT2D eigenvalue weighted by Gasteiger charge is -2.31. The van der Waals surface area contributed by atoms with Crippen molar-refractivity contribution < 1.29 is 42.1 Å². The van der Waals surface area contributed by atoms with Crippen LogP contribution in [-0.2, 0) is 15.8 Å². The maximum atomic E-state index is 14.8. The fourth-order valence-electron chi connectivity index (χ4n) is 5.94. The fourth-order valence-corrected chi connectivity index (χ4v) is 5.94. The van der Waals surface area contributed by atoms with Crippen LogP contribution in [0.15, 0.2) is 54.6 Å². The summed E-state index contributed by atoms with van der Waals surface area (Å²) >= 11 is 0. The molecular weight excluding hydrogens is 622 g/mol. The number of fused-ring (bicyclic) bond motifs is 2. The summed E-state index contributed by atoms with van der Waals surface area (Å²) < 4.78 is 63.9. The number of halogens is 4. The number of pyridine rings is 2. The molecule has 14 heteroatoms. The summed E-state index contributed by atoms with van der Waals surface area (Å²) in [5, 5.41) is 24.7. The first kappa shape index (κ1) is 32.1. The lowest BCUT2D eigenvalue weighted by Crippen LogP contribution is -2.51. The molecule has 47 heavy (non-hydrogen) atoms. The molecule has 1 fully saturated rings. The highest BCUT2D eigenvalue weighted by Gasteiger charge is 2.57. The van der Waals surface area contributed by atoms with Gasteiger partial charge in [0.1, 0.15) is 35.5 Å². The van der Waals surface area contributed by atoms with E-state index in [1.165, 1.54) is 31.2 Å². The monoisotopic (exact) mass is 653 g/mol. The van der Waals surface area contributed by atoms with E-state index in [1.807, 2.05) is 0 Å². The van der Waals surface area contributed by atoms with E-state index in [9.17, 15) is 37.4 Å². The molecule has 2 aliphatic heterocycles. The number of aliphatic hydroxyl groups is 2. The third-order valence-electron chi connectivity index (χ3n) is 8.84. The van der Waals surface area contributed by atoms with Crippen LogP contribution in [0.4, 0.5) is 23.2 Å². The minimum atomic E-state index is -5.38. The average Bonchev–Trinajstić information content (AvgIpc) is 3.62. The first-order valence-electron chi connectivity index (χ1n) is 14.8. The molecule has 2 unspecified atom stereocenters. The van der Waals surface area contributed by atoms with Gasteiger partial charge in [0.25, 0.3) is 5.91 Å². The molecule has 5 N–H and O–H groups in total. The van der Waals surface area contributed by atoms with Gasteiger partial charge in [-0.25, -0.2) is 9.37 Å². The van der Waals surface area contributed by atoms with Crippen molar-refractivity contribution in [2.24, 2.45) is 5.73 Å². The zero-order valence-electron chi connectivity index (χ0n) is 25.4. The number of aromatic nitrogens is 2. The zero-order valence-corrected chi connectivity index (χ0v) is 25.4. The van der Waals surface area contributed by atoms with Gasteiger partial charge in [-0.05, 0) is 75.2 Å². The van der Waals surface area contributed by atoms with E-state index in [1.54, 1.807) is 24.0 Å². The van der Waals surface area contributed by atoms with Crippen molar-refractivity contribution in [3.05, 3.63) is 82.9 Å². The van der Waals surface area contributed by atoms with E-state index in [-0.39, 0.29) is 34.7 Å². The smallest absolute Gasteiger partial charge is 0.424 e. The van der Waals surface area contributed by atoms with E-state index >= 15 is 0 Å². The average molecular weight is 654 g/mol. The molecule has 4 aromatic rings. The van der Waals surface area contributed by atoms with Gasteiger partial charge in [0, 0.05) is 34.3 Å². The van der Waals surface area contributed by atoms with E-state index in [4.69, 9.17) is 10.5 Å². The van der Waals surface area contributed by atoms with Gasteiger partial charge in [0.15, 0.2) is 0 Å². The second-order valence-corrected chi connectivity index (χ2v) is 12.1. The summed E-state index contributed by atoms with van der Waals surface area (Å²) in [4.78, 5) is 36.3. The number of nitrogens with zero attached hydrogens (tertiary/aromatic N) is 3. The van der Waals surface area contributed by atoms with Crippen LogP contribution in [0.1, 0.15) is 47.1 Å². The number of alkyl halides is 3. The number of aliphatic hydroxyl groups excluding tert-OH is 1. The van der Waals surface area contributed by atoms with E-state index < -0.39 is 53.3 Å². The number of primary amides is 1. The Hall–Kier alpha value is -4.82. The van der Waals surface area contributed by atoms with Gasteiger partial charge in [0.05, 0.1) is 23.4 Å². The summed E-state index contributed by atoms with van der Waals surface area (Å²) in [6.07, 6.45) is -5.02. The number of hydrogen-bond acceptors (Lipinski definition) is 8. The van der Waals surface area contributed by atoms with Gasteiger partial charge in [-0.3, -0.25) is 14.6 Å². The number of carbonyl (C=O) groups excluding carboxylic acids is 2. The van der Waals surface area contributed by atoms with Crippen LogP contribution in [0.2, 0.25) is 0 Å². The van der Waals surface area contributed by atoms with Gasteiger partial charge in [-0.2, -0.15) is 13.2 Å². The first-order chi connectivity index (χ1) is 22.1. The molecule has 10 nitrogen and oxygen atoms in total. The van der Waals surface area contributed by atoms with Crippen LogP contribution in [0.5, 0.6) is 5.75 Å². The predicted molar refractivity (Wildman–Crippen MR) is 163 cm³/mol. The Balaban J connectivity index is 1.41. The summed E-state index contributed by atoms with van der Waals surface area (Å²) in [6.45, 7) is 2.00. The Morgan fingerprint density at radius 1 is 1.13 bits per heavy atom. The number of benzene rings is 2. The SMILES string of the molecule is Cc1ccc2cc(C(=O)NCC(O)(c3cc4c(c(-c5ccc(F)cc5)n3)OC[C@]4(C)C(N)=O)C(F)(F)F)cc(N3CCCC3O)c2n1. The quantitative estimate of drug-likeness (QED) is 0.219. The molecule has 0 bridgehead atoms. The number of nitrogens with two attached hydrogens (primary N) is 1. The van der Waals surface area contributed by atoms with Crippen molar-refractivity contribution in [2.75, 3.05) is 24.6 Å². The van der Waals surface area contributed by atoms with Gasteiger partial charge >= 0.3 is 6.18 Å². The first-order valence-corrected chi connectivity index (χ1v) is 14.8. The number of hydrogen-bond donors (Lipinski definition) is 4. The van der Waals surface area contributed by atoms with Gasteiger partial charge in [-0.15, -0.1) is 0 Å². The van der Waals surface area contributed by atoms with E-state index in [2.05, 4.69) is 15.3 Å². The minimum Gasteiger partial charge on any atom is -0.489 e. The number of carbonyl (C=O) groups is 2. The molecule has 2 aromatic carbocycles. The molecule has 2 aromatic heterocycles. The molecule has 6 rings (SSSR count). The Kier molecular flexibility index (Phi) is 7.83. The highest BCUT2D eigenvalue weighted by molar-refractivity contribution is 6.02. The largest absolute Gasteiger partial charge is 0.489 e. The highest BCUT2D eigenvalue weighted by Crippen LogP contribution is 2.47. The standard InChI is InChI=1S/C33H31F4N5O5/c1-17-5-6-19-12-20(13-23(26(19)40-17)42-11-3-4-25(42)43)29(44)39-15-32(46,33(35,36)37)24-14-22-28(47-16-31(22,2)30(38)45)27(41-24)18-7-9-21(34)10-8-18/h5-10,12-14,25,43,46H,3-4,11,15-16H2,1-2H3,(H2,38,45)(H,39,44)/t25?,31-,32?/m0/s1. The number of amides is 2. The second kappa shape index (κ2) is 11.5. The van der Waals surface area contributed by atoms with Crippen molar-refractivity contribution >= 4 is 28.4 Å². The Morgan fingerprint density at radius 2 is 1.85 bits per heavy atom. The molecule has 0 aliphatic carbocycles. The van der Waals surface area contributed by atoms with Crippen LogP contribution in [-0.4, -0.2) is 64.1 Å². The summed E-state index contributed by atoms with van der Waals surface area (Å²) in [6, 6.07) is 11.9. The fraction of sp³-hybridized carbons (Fsp3) is 0.333. The zero-order chi connectivity index (χ0) is 33.9. The maximum Gasteiger partial charge on any atom is 0.424 e. The molecule has 0 saturated carbocycles. The molecule has 0 spiro atoms. The Bertz CT molecular complexity index is 1900. The number of ether oxygens (including phenoxy) is 1. The number of aryl methyl sites for hydroxylation is 1. The van der Waals surface area contributed by atoms with E-state index in [0.29, 0.717) is 41.7 Å². The molecule has 0 radical (unpaired) electrons. The Labute approximate surface area is 266 Å². The topological polar surface area (TPSA) is 151 Å². The molecule has 246 valence electrons. The van der Waals surface area contributed by atoms with Crippen LogP contribution >= 0.6 is 0 Å². The third kappa shape index (κ3) is 5.50. The predicted octanol–water partition coefficient (Wildman–Crippen LogP) is 3.98. The number of nitrogens with one attached hydrogen (secondary N) is 1. The maximum absolute atomic E-state index is 14.8. The molecular formula is C33H31F4N5O5. The lowest BCUT2D eigenvalue weighted by molar-refractivity contribution is -0.265. The summed E-state index contributed by atoms with van der Waals surface area (Å²) in [7, 11) is 0. The Morgan fingerprint density at radius 3 is 2.49 bits per heavy atom. The van der Waals surface area contributed by atoms with Crippen molar-refractivity contribution in [2.45, 2.75) is 50.1 Å². The molecule has 4 heterocycles. The normalized spacial score (nSPS) is 20.5.